The Labute approximate surface area is 223 Å². The summed E-state index contributed by atoms with van der Waals surface area (Å²) in [5, 5.41) is 13.7. The molecule has 5 rings (SSSR count). The number of anilines is 2. The van der Waals surface area contributed by atoms with Crippen LogP contribution in [-0.2, 0) is 6.54 Å². The Morgan fingerprint density at radius 2 is 1.69 bits per heavy atom. The minimum absolute atomic E-state index is 0.303. The van der Waals surface area contributed by atoms with Gasteiger partial charge < -0.3 is 15.3 Å². The van der Waals surface area contributed by atoms with E-state index in [2.05, 4.69) is 5.32 Å². The molecule has 184 valence electrons. The highest BCUT2D eigenvalue weighted by Crippen LogP contribution is 2.45. The number of benzene rings is 3. The lowest BCUT2D eigenvalue weighted by atomic mass is 9.92. The summed E-state index contributed by atoms with van der Waals surface area (Å²) >= 11 is 19.6. The highest BCUT2D eigenvalue weighted by Gasteiger charge is 2.31. The van der Waals surface area contributed by atoms with Gasteiger partial charge >= 0.3 is 12.1 Å². The number of nitrogens with zero attached hydrogens (tertiary/aromatic N) is 2. The van der Waals surface area contributed by atoms with Crippen LogP contribution >= 0.6 is 34.8 Å². The van der Waals surface area contributed by atoms with E-state index in [0.29, 0.717) is 46.1 Å². The van der Waals surface area contributed by atoms with Gasteiger partial charge in [-0.05, 0) is 54.3 Å². The molecule has 3 aromatic rings. The molecule has 1 fully saturated rings. The minimum Gasteiger partial charge on any atom is -0.465 e. The van der Waals surface area contributed by atoms with Crippen molar-refractivity contribution >= 4 is 64.4 Å². The number of fused-ring (bicyclic) bond motifs is 1. The number of likely N-dealkylation sites (tertiary alicyclic amines) is 1. The van der Waals surface area contributed by atoms with Gasteiger partial charge in [-0.3, -0.25) is 4.90 Å². The van der Waals surface area contributed by atoms with Crippen molar-refractivity contribution in [2.24, 2.45) is 0 Å². The van der Waals surface area contributed by atoms with E-state index in [1.54, 1.807) is 18.2 Å². The first-order valence-corrected chi connectivity index (χ1v) is 12.6. The number of halogens is 3. The van der Waals surface area contributed by atoms with E-state index in [1.165, 1.54) is 9.80 Å². The Kier molecular flexibility index (Phi) is 6.84. The second kappa shape index (κ2) is 10.1. The highest BCUT2D eigenvalue weighted by molar-refractivity contribution is 6.40. The summed E-state index contributed by atoms with van der Waals surface area (Å²) in [6.45, 7) is 1.16. The number of para-hydroxylation sites is 1. The van der Waals surface area contributed by atoms with Gasteiger partial charge in [0, 0.05) is 35.8 Å². The molecule has 2 aliphatic heterocycles. The number of carboxylic acid groups (broad SMARTS) is 1. The van der Waals surface area contributed by atoms with Gasteiger partial charge in [-0.25, -0.2) is 9.59 Å². The Morgan fingerprint density at radius 3 is 2.42 bits per heavy atom. The molecule has 3 amide bonds. The first-order chi connectivity index (χ1) is 17.3. The lowest BCUT2D eigenvalue weighted by Crippen LogP contribution is -2.41. The molecule has 0 atom stereocenters. The van der Waals surface area contributed by atoms with Gasteiger partial charge in [-0.1, -0.05) is 70.7 Å². The van der Waals surface area contributed by atoms with Gasteiger partial charge in [0.25, 0.3) is 0 Å². The van der Waals surface area contributed by atoms with Gasteiger partial charge in [0.1, 0.15) is 0 Å². The fourth-order valence-corrected chi connectivity index (χ4v) is 5.57. The first kappa shape index (κ1) is 24.5. The largest absolute Gasteiger partial charge is 0.465 e. The summed E-state index contributed by atoms with van der Waals surface area (Å²) in [6, 6.07) is 16.2. The summed E-state index contributed by atoms with van der Waals surface area (Å²) in [4.78, 5) is 27.6. The van der Waals surface area contributed by atoms with E-state index in [0.717, 1.165) is 40.7 Å². The van der Waals surface area contributed by atoms with Crippen LogP contribution in [0.4, 0.5) is 21.0 Å². The zero-order chi connectivity index (χ0) is 25.4. The quantitative estimate of drug-likeness (QED) is 0.354. The summed E-state index contributed by atoms with van der Waals surface area (Å²) < 4.78 is 0. The zero-order valence-electron chi connectivity index (χ0n) is 19.1. The lowest BCUT2D eigenvalue weighted by molar-refractivity contribution is 0.144. The van der Waals surface area contributed by atoms with Crippen molar-refractivity contribution in [3.63, 3.8) is 0 Å². The van der Waals surface area contributed by atoms with Crippen LogP contribution in [0.1, 0.15) is 24.0 Å². The molecule has 0 bridgehead atoms. The number of hydrogen-bond donors (Lipinski definition) is 2. The maximum Gasteiger partial charge on any atom is 0.407 e. The van der Waals surface area contributed by atoms with E-state index in [9.17, 15) is 14.7 Å². The highest BCUT2D eigenvalue weighted by atomic mass is 35.5. The van der Waals surface area contributed by atoms with E-state index in [1.807, 2.05) is 42.5 Å². The number of piperidine rings is 1. The average molecular weight is 543 g/mol. The Bertz CT molecular complexity index is 1390. The van der Waals surface area contributed by atoms with Gasteiger partial charge in [-0.15, -0.1) is 0 Å². The molecule has 0 radical (unpaired) electrons. The predicted molar refractivity (Wildman–Crippen MR) is 145 cm³/mol. The molecule has 3 aromatic carbocycles. The fourth-order valence-electron chi connectivity index (χ4n) is 4.76. The third-order valence-corrected chi connectivity index (χ3v) is 7.34. The minimum atomic E-state index is -0.931. The molecule has 36 heavy (non-hydrogen) atoms. The molecule has 0 aromatic heterocycles. The van der Waals surface area contributed by atoms with Crippen molar-refractivity contribution in [1.82, 2.24) is 10.2 Å². The predicted octanol–water partition coefficient (Wildman–Crippen LogP) is 7.83. The van der Waals surface area contributed by atoms with Crippen molar-refractivity contribution in [1.29, 1.82) is 0 Å². The van der Waals surface area contributed by atoms with E-state index in [4.69, 9.17) is 34.8 Å². The van der Waals surface area contributed by atoms with Crippen molar-refractivity contribution in [2.45, 2.75) is 19.4 Å². The molecule has 0 saturated carbocycles. The molecule has 6 nitrogen and oxygen atoms in total. The third kappa shape index (κ3) is 4.64. The number of carbonyl (C=O) groups excluding carboxylic acids is 1. The molecule has 1 saturated heterocycles. The van der Waals surface area contributed by atoms with Crippen LogP contribution in [0.15, 0.2) is 60.2 Å². The van der Waals surface area contributed by atoms with E-state index >= 15 is 0 Å². The molecular weight excluding hydrogens is 521 g/mol. The number of amides is 3. The summed E-state index contributed by atoms with van der Waals surface area (Å²) in [6.07, 6.45) is 2.61. The van der Waals surface area contributed by atoms with Crippen LogP contribution in [0.5, 0.6) is 0 Å². The molecule has 0 unspecified atom stereocenters. The number of hydrogen-bond acceptors (Lipinski definition) is 2. The van der Waals surface area contributed by atoms with Crippen LogP contribution in [0.3, 0.4) is 0 Å². The van der Waals surface area contributed by atoms with Crippen LogP contribution < -0.4 is 10.2 Å². The lowest BCUT2D eigenvalue weighted by Gasteiger charge is -2.33. The normalized spacial score (nSPS) is 16.6. The molecule has 9 heteroatoms. The summed E-state index contributed by atoms with van der Waals surface area (Å²) in [5.41, 5.74) is 5.42. The fraction of sp³-hybridized carbons (Fsp3) is 0.185. The molecule has 2 heterocycles. The molecule has 0 spiro atoms. The Morgan fingerprint density at radius 1 is 0.972 bits per heavy atom. The van der Waals surface area contributed by atoms with Gasteiger partial charge in [0.2, 0.25) is 0 Å². The Balaban J connectivity index is 1.72. The van der Waals surface area contributed by atoms with E-state index in [-0.39, 0.29) is 6.03 Å². The summed E-state index contributed by atoms with van der Waals surface area (Å²) in [7, 11) is 0. The van der Waals surface area contributed by atoms with Crippen molar-refractivity contribution in [3.8, 4) is 11.1 Å². The van der Waals surface area contributed by atoms with Crippen molar-refractivity contribution < 1.29 is 14.7 Å². The topological polar surface area (TPSA) is 72.9 Å². The number of carbonyl (C=O) groups is 2. The number of rotatable bonds is 3. The number of nitrogens with one attached hydrogen (secondary N) is 1. The second-order valence-electron chi connectivity index (χ2n) is 8.72. The van der Waals surface area contributed by atoms with Gasteiger partial charge in [0.05, 0.1) is 21.4 Å². The third-order valence-electron chi connectivity index (χ3n) is 6.40. The van der Waals surface area contributed by atoms with Crippen molar-refractivity contribution in [3.05, 3.63) is 86.4 Å². The molecule has 2 aliphatic rings. The van der Waals surface area contributed by atoms with Crippen LogP contribution in [0, 0.1) is 0 Å². The monoisotopic (exact) mass is 541 g/mol. The molecular formula is C27H22Cl3N3O3. The average Bonchev–Trinajstić information content (AvgIpc) is 2.85. The maximum absolute atomic E-state index is 13.2. The second-order valence-corrected chi connectivity index (χ2v) is 9.94. The maximum atomic E-state index is 13.2. The zero-order valence-corrected chi connectivity index (χ0v) is 21.4. The first-order valence-electron chi connectivity index (χ1n) is 11.4. The SMILES string of the molecule is O=C(O)N1CCC/C(=C\c2cc(-c3ccccc3Cl)c3c(c2)N(c2c(Cl)cccc2Cl)C(=O)NC3)C1. The molecule has 0 aliphatic carbocycles. The van der Waals surface area contributed by atoms with Gasteiger partial charge in [-0.2, -0.15) is 0 Å². The smallest absolute Gasteiger partial charge is 0.407 e. The standard InChI is InChI=1S/C27H22Cl3N3O3/c28-21-7-2-1-6-18(21)19-12-17(11-16-5-4-10-32(15-16)27(35)36)13-24-20(19)14-31-26(34)33(24)25-22(29)8-3-9-23(25)30/h1-3,6-9,11-13H,4-5,10,14-15H2,(H,31,34)(H,35,36)/b16-11+. The van der Waals surface area contributed by atoms with Crippen molar-refractivity contribution in [2.75, 3.05) is 18.0 Å². The van der Waals surface area contributed by atoms with Crippen LogP contribution in [-0.4, -0.2) is 35.2 Å². The van der Waals surface area contributed by atoms with Crippen LogP contribution in [0.2, 0.25) is 15.1 Å². The summed E-state index contributed by atoms with van der Waals surface area (Å²) in [5.74, 6) is 0. The van der Waals surface area contributed by atoms with Gasteiger partial charge in [0.15, 0.2) is 0 Å². The van der Waals surface area contributed by atoms with E-state index < -0.39 is 6.09 Å². The molecule has 2 N–H and O–H groups in total. The Hall–Kier alpha value is -3.19. The van der Waals surface area contributed by atoms with Crippen LogP contribution in [0.25, 0.3) is 17.2 Å². The number of urea groups is 1.